The summed E-state index contributed by atoms with van der Waals surface area (Å²) in [4.78, 5) is 16.0. The van der Waals surface area contributed by atoms with Crippen LogP contribution in [0.15, 0.2) is 60.6 Å². The summed E-state index contributed by atoms with van der Waals surface area (Å²) in [6.07, 6.45) is 4.75. The van der Waals surface area contributed by atoms with Gasteiger partial charge in [-0.3, -0.25) is 9.78 Å². The van der Waals surface area contributed by atoms with Crippen LogP contribution in [0.4, 0.5) is 5.69 Å². The van der Waals surface area contributed by atoms with Crippen molar-refractivity contribution >= 4 is 11.6 Å². The van der Waals surface area contributed by atoms with Crippen molar-refractivity contribution in [3.63, 3.8) is 0 Å². The van der Waals surface area contributed by atoms with E-state index in [-0.39, 0.29) is 5.57 Å². The highest BCUT2D eigenvalue weighted by molar-refractivity contribution is 5.97. The molecule has 0 bridgehead atoms. The Labute approximate surface area is 129 Å². The third kappa shape index (κ3) is 4.18. The van der Waals surface area contributed by atoms with Crippen LogP contribution in [0.2, 0.25) is 0 Å². The Hall–Kier alpha value is -3.13. The molecule has 0 aliphatic heterocycles. The summed E-state index contributed by atoms with van der Waals surface area (Å²) in [7, 11) is 0. The van der Waals surface area contributed by atoms with Gasteiger partial charge in [0.05, 0.1) is 0 Å². The number of aryl methyl sites for hydroxylation is 1. The number of benzene rings is 1. The number of pyridine rings is 1. The van der Waals surface area contributed by atoms with E-state index in [9.17, 15) is 4.79 Å². The lowest BCUT2D eigenvalue weighted by atomic mass is 10.2. The second-order valence-electron chi connectivity index (χ2n) is 4.67. The van der Waals surface area contributed by atoms with Crippen molar-refractivity contribution in [3.05, 3.63) is 71.7 Å². The van der Waals surface area contributed by atoms with Gasteiger partial charge in [0.1, 0.15) is 11.6 Å². The molecule has 1 aromatic heterocycles. The molecule has 0 unspecified atom stereocenters. The Kier molecular flexibility index (Phi) is 5.27. The van der Waals surface area contributed by atoms with Crippen molar-refractivity contribution in [2.75, 3.05) is 5.32 Å². The second-order valence-corrected chi connectivity index (χ2v) is 4.67. The van der Waals surface area contributed by atoms with E-state index in [1.54, 1.807) is 18.5 Å². The van der Waals surface area contributed by atoms with Gasteiger partial charge in [-0.25, -0.2) is 0 Å². The largest absolute Gasteiger partial charge is 0.360 e. The molecule has 0 aliphatic carbocycles. The quantitative estimate of drug-likeness (QED) is 0.655. The maximum absolute atomic E-state index is 12.0. The monoisotopic (exact) mass is 292 g/mol. The summed E-state index contributed by atoms with van der Waals surface area (Å²) in [6, 6.07) is 13.2. The number of aromatic nitrogens is 1. The van der Waals surface area contributed by atoms with Crippen LogP contribution in [0.5, 0.6) is 0 Å². The molecule has 0 fully saturated rings. The lowest BCUT2D eigenvalue weighted by Gasteiger charge is -2.06. The van der Waals surface area contributed by atoms with Crippen molar-refractivity contribution < 1.29 is 4.79 Å². The van der Waals surface area contributed by atoms with Crippen molar-refractivity contribution in [1.82, 2.24) is 10.3 Å². The van der Waals surface area contributed by atoms with E-state index in [0.717, 1.165) is 16.8 Å². The number of carbonyl (C=O) groups is 1. The molecule has 2 rings (SSSR count). The lowest BCUT2D eigenvalue weighted by Crippen LogP contribution is -2.24. The molecular weight excluding hydrogens is 276 g/mol. The first-order chi connectivity index (χ1) is 10.7. The molecule has 0 spiro atoms. The zero-order chi connectivity index (χ0) is 15.8. The second kappa shape index (κ2) is 7.60. The lowest BCUT2D eigenvalue weighted by molar-refractivity contribution is -0.117. The number of rotatable bonds is 5. The Morgan fingerprint density at radius 3 is 2.82 bits per heavy atom. The van der Waals surface area contributed by atoms with Crippen LogP contribution >= 0.6 is 0 Å². The molecule has 2 N–H and O–H groups in total. The number of nitrogens with zero attached hydrogens (tertiary/aromatic N) is 2. The number of hydrogen-bond donors (Lipinski definition) is 2. The van der Waals surface area contributed by atoms with E-state index in [2.05, 4.69) is 15.6 Å². The minimum atomic E-state index is -0.424. The fourth-order valence-electron chi connectivity index (χ4n) is 1.81. The van der Waals surface area contributed by atoms with Crippen LogP contribution in [-0.4, -0.2) is 10.9 Å². The first kappa shape index (κ1) is 15.3. The van der Waals surface area contributed by atoms with Crippen LogP contribution in [-0.2, 0) is 11.3 Å². The first-order valence-electron chi connectivity index (χ1n) is 6.80. The standard InChI is InChI=1S/C17H16N4O/c1-13-5-2-3-7-16(13)20-12-15(9-18)17(22)21-11-14-6-4-8-19-10-14/h2-8,10,12,20H,11H2,1H3,(H,21,22)/b15-12-. The average Bonchev–Trinajstić information content (AvgIpc) is 2.56. The maximum atomic E-state index is 12.0. The fraction of sp³-hybridized carbons (Fsp3) is 0.118. The van der Waals surface area contributed by atoms with Gasteiger partial charge in [-0.15, -0.1) is 0 Å². The third-order valence-electron chi connectivity index (χ3n) is 3.06. The van der Waals surface area contributed by atoms with E-state index in [0.29, 0.717) is 6.54 Å². The van der Waals surface area contributed by atoms with Gasteiger partial charge >= 0.3 is 0 Å². The molecule has 0 atom stereocenters. The summed E-state index contributed by atoms with van der Waals surface area (Å²) in [6.45, 7) is 2.28. The molecule has 5 nitrogen and oxygen atoms in total. The summed E-state index contributed by atoms with van der Waals surface area (Å²) < 4.78 is 0. The van der Waals surface area contributed by atoms with E-state index >= 15 is 0 Å². The summed E-state index contributed by atoms with van der Waals surface area (Å²) in [5.41, 5.74) is 2.79. The Morgan fingerprint density at radius 2 is 2.14 bits per heavy atom. The molecule has 22 heavy (non-hydrogen) atoms. The highest BCUT2D eigenvalue weighted by Crippen LogP contribution is 2.13. The van der Waals surface area contributed by atoms with E-state index in [1.807, 2.05) is 43.3 Å². The van der Waals surface area contributed by atoms with Crippen LogP contribution < -0.4 is 10.6 Å². The van der Waals surface area contributed by atoms with Gasteiger partial charge in [-0.05, 0) is 30.2 Å². The number of amides is 1. The maximum Gasteiger partial charge on any atom is 0.263 e. The molecule has 1 amide bonds. The van der Waals surface area contributed by atoms with Gasteiger partial charge in [-0.2, -0.15) is 5.26 Å². The molecular formula is C17H16N4O. The zero-order valence-corrected chi connectivity index (χ0v) is 12.2. The highest BCUT2D eigenvalue weighted by atomic mass is 16.1. The van der Waals surface area contributed by atoms with Gasteiger partial charge in [0.2, 0.25) is 0 Å². The van der Waals surface area contributed by atoms with Gasteiger partial charge < -0.3 is 10.6 Å². The molecule has 0 saturated carbocycles. The van der Waals surface area contributed by atoms with Crippen molar-refractivity contribution in [1.29, 1.82) is 5.26 Å². The topological polar surface area (TPSA) is 77.8 Å². The number of nitriles is 1. The van der Waals surface area contributed by atoms with Crippen LogP contribution in [0.25, 0.3) is 0 Å². The number of para-hydroxylation sites is 1. The van der Waals surface area contributed by atoms with Crippen molar-refractivity contribution in [3.8, 4) is 6.07 Å². The fourth-order valence-corrected chi connectivity index (χ4v) is 1.81. The highest BCUT2D eigenvalue weighted by Gasteiger charge is 2.08. The van der Waals surface area contributed by atoms with Crippen LogP contribution in [0.1, 0.15) is 11.1 Å². The van der Waals surface area contributed by atoms with Crippen molar-refractivity contribution in [2.45, 2.75) is 13.5 Å². The smallest absolute Gasteiger partial charge is 0.263 e. The normalized spacial score (nSPS) is 10.6. The minimum absolute atomic E-state index is 0.0205. The summed E-state index contributed by atoms with van der Waals surface area (Å²) in [5.74, 6) is -0.424. The molecule has 2 aromatic rings. The Morgan fingerprint density at radius 1 is 1.32 bits per heavy atom. The minimum Gasteiger partial charge on any atom is -0.360 e. The van der Waals surface area contributed by atoms with E-state index in [1.165, 1.54) is 6.20 Å². The molecule has 0 saturated heterocycles. The predicted molar refractivity (Wildman–Crippen MR) is 84.6 cm³/mol. The van der Waals surface area contributed by atoms with Crippen LogP contribution in [0, 0.1) is 18.3 Å². The summed E-state index contributed by atoms with van der Waals surface area (Å²) >= 11 is 0. The molecule has 0 radical (unpaired) electrons. The molecule has 5 heteroatoms. The Bertz CT molecular complexity index is 717. The molecule has 1 heterocycles. The van der Waals surface area contributed by atoms with Gasteiger partial charge in [0.15, 0.2) is 0 Å². The zero-order valence-electron chi connectivity index (χ0n) is 12.2. The van der Waals surface area contributed by atoms with Crippen LogP contribution in [0.3, 0.4) is 0 Å². The Balaban J connectivity index is 1.99. The predicted octanol–water partition coefficient (Wildman–Crippen LogP) is 2.53. The van der Waals surface area contributed by atoms with Gasteiger partial charge in [0, 0.05) is 30.8 Å². The average molecular weight is 292 g/mol. The number of nitrogens with one attached hydrogen (secondary N) is 2. The molecule has 110 valence electrons. The summed E-state index contributed by atoms with van der Waals surface area (Å²) in [5, 5.41) is 14.8. The van der Waals surface area contributed by atoms with Gasteiger partial charge in [-0.1, -0.05) is 24.3 Å². The van der Waals surface area contributed by atoms with E-state index in [4.69, 9.17) is 5.26 Å². The number of hydrogen-bond acceptors (Lipinski definition) is 4. The number of anilines is 1. The third-order valence-corrected chi connectivity index (χ3v) is 3.06. The first-order valence-corrected chi connectivity index (χ1v) is 6.80. The van der Waals surface area contributed by atoms with Gasteiger partial charge in [0.25, 0.3) is 5.91 Å². The number of carbonyl (C=O) groups excluding carboxylic acids is 1. The SMILES string of the molecule is Cc1ccccc1N/C=C(/C#N)C(=O)NCc1cccnc1. The molecule has 1 aromatic carbocycles. The molecule has 0 aliphatic rings. The van der Waals surface area contributed by atoms with E-state index < -0.39 is 5.91 Å². The van der Waals surface area contributed by atoms with Crippen molar-refractivity contribution in [2.24, 2.45) is 0 Å².